The average Bonchev–Trinajstić information content (AvgIpc) is 2.68. The quantitative estimate of drug-likeness (QED) is 0.836. The van der Waals surface area contributed by atoms with E-state index in [1.807, 2.05) is 6.92 Å². The lowest BCUT2D eigenvalue weighted by Gasteiger charge is -2.27. The van der Waals surface area contributed by atoms with Gasteiger partial charge in [-0.2, -0.15) is 0 Å². The minimum atomic E-state index is -0.446. The summed E-state index contributed by atoms with van der Waals surface area (Å²) in [6, 6.07) is -1.07. The molecule has 3 rings (SSSR count). The number of hydrogen-bond acceptors (Lipinski definition) is 6. The minimum absolute atomic E-state index is 0.0895. The van der Waals surface area contributed by atoms with E-state index in [4.69, 9.17) is 11.6 Å². The highest BCUT2D eigenvalue weighted by atomic mass is 35.5. The van der Waals surface area contributed by atoms with Gasteiger partial charge in [-0.1, -0.05) is 17.7 Å². The van der Waals surface area contributed by atoms with E-state index < -0.39 is 6.04 Å². The van der Waals surface area contributed by atoms with Crippen molar-refractivity contribution in [2.45, 2.75) is 19.0 Å². The van der Waals surface area contributed by atoms with Crippen LogP contribution in [0.15, 0.2) is 41.9 Å². The Labute approximate surface area is 161 Å². The second kappa shape index (κ2) is 7.71. The molecule has 0 saturated heterocycles. The molecule has 0 bridgehead atoms. The average molecular weight is 387 g/mol. The summed E-state index contributed by atoms with van der Waals surface area (Å²) in [7, 11) is 3.44. The highest BCUT2D eigenvalue weighted by Crippen LogP contribution is 2.27. The minimum Gasteiger partial charge on any atom is -0.371 e. The van der Waals surface area contributed by atoms with Crippen LogP contribution in [0.25, 0.3) is 11.0 Å². The van der Waals surface area contributed by atoms with E-state index in [0.29, 0.717) is 16.9 Å². The van der Waals surface area contributed by atoms with Crippen molar-refractivity contribution in [3.05, 3.63) is 47.4 Å². The van der Waals surface area contributed by atoms with E-state index >= 15 is 0 Å². The molecule has 2 aromatic heterocycles. The van der Waals surface area contributed by atoms with E-state index in [-0.39, 0.29) is 22.9 Å². The molecule has 0 aliphatic heterocycles. The fourth-order valence-electron chi connectivity index (χ4n) is 2.75. The molecule has 2 heterocycles. The van der Waals surface area contributed by atoms with Crippen LogP contribution >= 0.6 is 11.6 Å². The molecular weight excluding hydrogens is 368 g/mol. The maximum Gasteiger partial charge on any atom is 0.318 e. The van der Waals surface area contributed by atoms with Gasteiger partial charge in [-0.15, -0.1) is 0 Å². The van der Waals surface area contributed by atoms with Gasteiger partial charge in [-0.3, -0.25) is 9.78 Å². The molecule has 2 atom stereocenters. The molecule has 0 aromatic carbocycles. The van der Waals surface area contributed by atoms with E-state index in [1.54, 1.807) is 38.8 Å². The number of urea groups is 1. The van der Waals surface area contributed by atoms with Crippen LogP contribution in [-0.2, 0) is 4.79 Å². The number of carbonyl (C=O) groups is 2. The van der Waals surface area contributed by atoms with Crippen LogP contribution in [0.1, 0.15) is 18.5 Å². The molecule has 0 spiro atoms. The van der Waals surface area contributed by atoms with Crippen molar-refractivity contribution in [2.75, 3.05) is 19.4 Å². The third kappa shape index (κ3) is 3.75. The smallest absolute Gasteiger partial charge is 0.318 e. The van der Waals surface area contributed by atoms with Gasteiger partial charge < -0.3 is 15.5 Å². The van der Waals surface area contributed by atoms with Crippen molar-refractivity contribution in [1.82, 2.24) is 25.2 Å². The lowest BCUT2D eigenvalue weighted by Crippen LogP contribution is -2.43. The van der Waals surface area contributed by atoms with Crippen LogP contribution in [0.3, 0.4) is 0 Å². The molecule has 0 fully saturated rings. The Balaban J connectivity index is 1.82. The number of fused-ring (bicyclic) bond motifs is 1. The van der Waals surface area contributed by atoms with E-state index in [1.165, 1.54) is 17.1 Å². The Morgan fingerprint density at radius 2 is 1.96 bits per heavy atom. The van der Waals surface area contributed by atoms with Crippen LogP contribution in [0.2, 0.25) is 0 Å². The van der Waals surface area contributed by atoms with Gasteiger partial charge in [0.2, 0.25) is 0 Å². The third-order valence-electron chi connectivity index (χ3n) is 4.42. The van der Waals surface area contributed by atoms with Gasteiger partial charge in [-0.25, -0.2) is 14.8 Å². The van der Waals surface area contributed by atoms with Crippen molar-refractivity contribution < 1.29 is 9.59 Å². The van der Waals surface area contributed by atoms with Crippen LogP contribution in [0, 0.1) is 0 Å². The van der Waals surface area contributed by atoms with Crippen LogP contribution in [-0.4, -0.2) is 51.8 Å². The van der Waals surface area contributed by atoms with Gasteiger partial charge in [0.05, 0.1) is 22.6 Å². The second-order valence-electron chi connectivity index (χ2n) is 6.07. The largest absolute Gasteiger partial charge is 0.371 e. The predicted octanol–water partition coefficient (Wildman–Crippen LogP) is 2.40. The van der Waals surface area contributed by atoms with Gasteiger partial charge >= 0.3 is 6.03 Å². The maximum absolute atomic E-state index is 12.6. The number of pyridine rings is 1. The van der Waals surface area contributed by atoms with E-state index in [0.717, 1.165) is 5.56 Å². The zero-order valence-electron chi connectivity index (χ0n) is 15.1. The number of ketones is 1. The molecule has 27 heavy (non-hydrogen) atoms. The Morgan fingerprint density at radius 1 is 1.26 bits per heavy atom. The highest BCUT2D eigenvalue weighted by Gasteiger charge is 2.23. The Bertz CT molecular complexity index is 958. The lowest BCUT2D eigenvalue weighted by molar-refractivity contribution is -0.110. The second-order valence-corrected chi connectivity index (χ2v) is 6.47. The van der Waals surface area contributed by atoms with Crippen molar-refractivity contribution in [2.24, 2.45) is 0 Å². The summed E-state index contributed by atoms with van der Waals surface area (Å²) in [6.45, 7) is 1.88. The van der Waals surface area contributed by atoms with Gasteiger partial charge in [0.1, 0.15) is 5.52 Å². The van der Waals surface area contributed by atoms with Crippen molar-refractivity contribution in [3.63, 3.8) is 0 Å². The number of aromatic nitrogens is 3. The van der Waals surface area contributed by atoms with Gasteiger partial charge in [-0.05, 0) is 19.1 Å². The summed E-state index contributed by atoms with van der Waals surface area (Å²) in [5.41, 5.74) is 2.09. The summed E-state index contributed by atoms with van der Waals surface area (Å²) >= 11 is 5.84. The summed E-state index contributed by atoms with van der Waals surface area (Å²) in [5, 5.41) is 5.89. The first-order valence-corrected chi connectivity index (χ1v) is 8.70. The van der Waals surface area contributed by atoms with E-state index in [2.05, 4.69) is 25.6 Å². The summed E-state index contributed by atoms with van der Waals surface area (Å²) in [4.78, 5) is 38.7. The third-order valence-corrected chi connectivity index (χ3v) is 4.74. The zero-order valence-corrected chi connectivity index (χ0v) is 15.9. The number of hydrogen-bond donors (Lipinski definition) is 2. The first kappa shape index (κ1) is 18.8. The summed E-state index contributed by atoms with van der Waals surface area (Å²) < 4.78 is 0. The topological polar surface area (TPSA) is 100 Å². The Kier molecular flexibility index (Phi) is 5.36. The number of allylic oxidation sites excluding steroid dienone is 2. The predicted molar refractivity (Wildman–Crippen MR) is 103 cm³/mol. The number of halogens is 1. The van der Waals surface area contributed by atoms with Crippen molar-refractivity contribution in [1.29, 1.82) is 0 Å². The number of anilines is 1. The van der Waals surface area contributed by atoms with Crippen molar-refractivity contribution in [3.8, 4) is 0 Å². The first-order valence-electron chi connectivity index (χ1n) is 8.33. The number of amides is 2. The molecule has 9 heteroatoms. The standard InChI is InChI=1S/C18H19ClN6O2/c1-10(12-9-23-17(20-2)16-15(12)21-6-7-22-16)25(3)18(27)24-11-4-5-14(26)13(19)8-11/h4-11H,1-3H3,(H,20,23)(H,24,27). The van der Waals surface area contributed by atoms with Crippen LogP contribution in [0.5, 0.6) is 0 Å². The molecular formula is C18H19ClN6O2. The van der Waals surface area contributed by atoms with Crippen LogP contribution < -0.4 is 10.6 Å². The highest BCUT2D eigenvalue weighted by molar-refractivity contribution is 6.44. The van der Waals surface area contributed by atoms with Crippen molar-refractivity contribution >= 4 is 40.3 Å². The molecule has 0 radical (unpaired) electrons. The SMILES string of the molecule is CNc1ncc(C(C)N(C)C(=O)NC2C=CC(=O)C(Cl)=C2)c2nccnc12. The molecule has 0 saturated carbocycles. The number of nitrogens with zero attached hydrogens (tertiary/aromatic N) is 4. The molecule has 2 unspecified atom stereocenters. The number of carbonyl (C=O) groups excluding carboxylic acids is 2. The Hall–Kier alpha value is -3.00. The summed E-state index contributed by atoms with van der Waals surface area (Å²) in [5.74, 6) is 0.350. The first-order chi connectivity index (χ1) is 12.9. The van der Waals surface area contributed by atoms with Gasteiger partial charge in [0.15, 0.2) is 11.6 Å². The normalized spacial score (nSPS) is 17.4. The monoisotopic (exact) mass is 386 g/mol. The maximum atomic E-state index is 12.6. The molecule has 1 aliphatic carbocycles. The molecule has 2 aromatic rings. The molecule has 2 N–H and O–H groups in total. The molecule has 1 aliphatic rings. The van der Waals surface area contributed by atoms with Crippen LogP contribution in [0.4, 0.5) is 10.6 Å². The number of rotatable bonds is 4. The van der Waals surface area contributed by atoms with Gasteiger partial charge in [0, 0.05) is 38.2 Å². The lowest BCUT2D eigenvalue weighted by atomic mass is 10.1. The molecule has 8 nitrogen and oxygen atoms in total. The fraction of sp³-hybridized carbons (Fsp3) is 0.278. The summed E-state index contributed by atoms with van der Waals surface area (Å²) in [6.07, 6.45) is 9.34. The number of nitrogens with one attached hydrogen (secondary N) is 2. The Morgan fingerprint density at radius 3 is 2.63 bits per heavy atom. The molecule has 2 amide bonds. The zero-order chi connectivity index (χ0) is 19.6. The van der Waals surface area contributed by atoms with E-state index in [9.17, 15) is 9.59 Å². The fourth-order valence-corrected chi connectivity index (χ4v) is 2.95. The molecule has 140 valence electrons. The van der Waals surface area contributed by atoms with Gasteiger partial charge in [0.25, 0.3) is 0 Å².